The van der Waals surface area contributed by atoms with Crippen LogP contribution in [0.5, 0.6) is 0 Å². The molecule has 0 spiro atoms. The van der Waals surface area contributed by atoms with Crippen molar-refractivity contribution in [2.75, 3.05) is 6.54 Å². The van der Waals surface area contributed by atoms with Crippen LogP contribution in [0.4, 0.5) is 0 Å². The second-order valence-electron chi connectivity index (χ2n) is 5.88. The normalized spacial score (nSPS) is 16.3. The molecule has 0 unspecified atom stereocenters. The van der Waals surface area contributed by atoms with E-state index in [-0.39, 0.29) is 11.8 Å². The van der Waals surface area contributed by atoms with Crippen molar-refractivity contribution >= 4 is 11.8 Å². The summed E-state index contributed by atoms with van der Waals surface area (Å²) in [6, 6.07) is 7.17. The van der Waals surface area contributed by atoms with E-state index in [0.717, 1.165) is 24.8 Å². The van der Waals surface area contributed by atoms with Crippen molar-refractivity contribution in [2.45, 2.75) is 51.2 Å². The fourth-order valence-electron chi connectivity index (χ4n) is 2.70. The van der Waals surface area contributed by atoms with Gasteiger partial charge in [0.1, 0.15) is 5.60 Å². The number of nitrogens with one attached hydrogen (secondary N) is 2. The summed E-state index contributed by atoms with van der Waals surface area (Å²) in [6.07, 6.45) is 3.71. The highest BCUT2D eigenvalue weighted by Gasteiger charge is 2.38. The average molecular weight is 304 g/mol. The third-order valence-corrected chi connectivity index (χ3v) is 4.03. The summed E-state index contributed by atoms with van der Waals surface area (Å²) < 4.78 is 0. The maximum absolute atomic E-state index is 12.1. The molecule has 0 bridgehead atoms. The molecule has 0 aromatic heterocycles. The molecule has 5 nitrogen and oxygen atoms in total. The average Bonchev–Trinajstić information content (AvgIpc) is 2.98. The molecule has 1 fully saturated rings. The Bertz CT molecular complexity index is 536. The fourth-order valence-corrected chi connectivity index (χ4v) is 2.70. The Morgan fingerprint density at radius 2 is 1.95 bits per heavy atom. The molecular formula is C17H24N2O3. The summed E-state index contributed by atoms with van der Waals surface area (Å²) in [7, 11) is 0. The summed E-state index contributed by atoms with van der Waals surface area (Å²) in [5.41, 5.74) is 0.217. The van der Waals surface area contributed by atoms with Crippen molar-refractivity contribution in [1.29, 1.82) is 0 Å². The van der Waals surface area contributed by atoms with Gasteiger partial charge in [0.25, 0.3) is 11.8 Å². The summed E-state index contributed by atoms with van der Waals surface area (Å²) in [5.74, 6) is -0.421. The van der Waals surface area contributed by atoms with Gasteiger partial charge in [-0.2, -0.15) is 0 Å². The molecule has 2 rings (SSSR count). The molecule has 1 aromatic rings. The molecule has 1 aliphatic rings. The van der Waals surface area contributed by atoms with Gasteiger partial charge in [0.2, 0.25) is 0 Å². The van der Waals surface area contributed by atoms with Crippen molar-refractivity contribution in [2.24, 2.45) is 0 Å². The van der Waals surface area contributed by atoms with Crippen LogP contribution in [0.1, 0.15) is 54.9 Å². The zero-order valence-electron chi connectivity index (χ0n) is 13.0. The molecule has 120 valence electrons. The number of amides is 2. The van der Waals surface area contributed by atoms with Crippen LogP contribution < -0.4 is 10.6 Å². The first-order chi connectivity index (χ1) is 10.5. The van der Waals surface area contributed by atoms with E-state index >= 15 is 0 Å². The lowest BCUT2D eigenvalue weighted by atomic mass is 10.0. The van der Waals surface area contributed by atoms with Gasteiger partial charge in [0.05, 0.1) is 0 Å². The Balaban J connectivity index is 1.93. The molecular weight excluding hydrogens is 280 g/mol. The highest BCUT2D eigenvalue weighted by molar-refractivity contribution is 5.94. The zero-order valence-corrected chi connectivity index (χ0v) is 13.0. The van der Waals surface area contributed by atoms with E-state index in [1.807, 2.05) is 13.0 Å². The monoisotopic (exact) mass is 304 g/mol. The SMILES string of the molecule is CCCNC(=O)c1cccc(CNC(=O)C2(O)CCCC2)c1. The minimum absolute atomic E-state index is 0.107. The Labute approximate surface area is 131 Å². The quantitative estimate of drug-likeness (QED) is 0.749. The topological polar surface area (TPSA) is 78.4 Å². The second kappa shape index (κ2) is 7.40. The van der Waals surface area contributed by atoms with E-state index in [1.165, 1.54) is 0 Å². The van der Waals surface area contributed by atoms with E-state index in [2.05, 4.69) is 10.6 Å². The molecule has 1 aromatic carbocycles. The summed E-state index contributed by atoms with van der Waals surface area (Å²) in [4.78, 5) is 24.0. The van der Waals surface area contributed by atoms with Gasteiger partial charge in [-0.25, -0.2) is 0 Å². The summed E-state index contributed by atoms with van der Waals surface area (Å²) in [6.45, 7) is 2.96. The van der Waals surface area contributed by atoms with Gasteiger partial charge < -0.3 is 15.7 Å². The van der Waals surface area contributed by atoms with Gasteiger partial charge in [-0.3, -0.25) is 9.59 Å². The largest absolute Gasteiger partial charge is 0.380 e. The lowest BCUT2D eigenvalue weighted by molar-refractivity contribution is -0.139. The standard InChI is InChI=1S/C17H24N2O3/c1-2-10-18-15(20)14-7-5-6-13(11-14)12-19-16(21)17(22)8-3-4-9-17/h5-7,11,22H,2-4,8-10,12H2,1H3,(H,18,20)(H,19,21). The number of benzene rings is 1. The van der Waals surface area contributed by atoms with Crippen LogP contribution in [-0.2, 0) is 11.3 Å². The molecule has 1 aliphatic carbocycles. The van der Waals surface area contributed by atoms with Crippen molar-refractivity contribution in [3.8, 4) is 0 Å². The predicted octanol–water partition coefficient (Wildman–Crippen LogP) is 1.75. The lowest BCUT2D eigenvalue weighted by Gasteiger charge is -2.21. The molecule has 0 aliphatic heterocycles. The molecule has 3 N–H and O–H groups in total. The minimum Gasteiger partial charge on any atom is -0.380 e. The van der Waals surface area contributed by atoms with Crippen molar-refractivity contribution in [3.63, 3.8) is 0 Å². The van der Waals surface area contributed by atoms with E-state index in [0.29, 0.717) is 31.5 Å². The van der Waals surface area contributed by atoms with Crippen LogP contribution in [0.25, 0.3) is 0 Å². The Morgan fingerprint density at radius 1 is 1.23 bits per heavy atom. The van der Waals surface area contributed by atoms with Crippen molar-refractivity contribution in [1.82, 2.24) is 10.6 Å². The van der Waals surface area contributed by atoms with Gasteiger partial charge in [-0.15, -0.1) is 0 Å². The molecule has 0 radical (unpaired) electrons. The fraction of sp³-hybridized carbons (Fsp3) is 0.529. The van der Waals surface area contributed by atoms with Crippen molar-refractivity contribution < 1.29 is 14.7 Å². The third kappa shape index (κ3) is 4.07. The van der Waals surface area contributed by atoms with Gasteiger partial charge in [-0.05, 0) is 49.8 Å². The molecule has 0 saturated heterocycles. The Kier molecular flexibility index (Phi) is 5.55. The molecule has 5 heteroatoms. The Hall–Kier alpha value is -1.88. The van der Waals surface area contributed by atoms with Crippen LogP contribution in [0.15, 0.2) is 24.3 Å². The predicted molar refractivity (Wildman–Crippen MR) is 84.3 cm³/mol. The van der Waals surface area contributed by atoms with Gasteiger partial charge in [0.15, 0.2) is 0 Å². The number of hydrogen-bond acceptors (Lipinski definition) is 3. The van der Waals surface area contributed by atoms with Crippen LogP contribution in [0.3, 0.4) is 0 Å². The first-order valence-corrected chi connectivity index (χ1v) is 7.93. The van der Waals surface area contributed by atoms with Gasteiger partial charge >= 0.3 is 0 Å². The number of aliphatic hydroxyl groups is 1. The van der Waals surface area contributed by atoms with Crippen molar-refractivity contribution in [3.05, 3.63) is 35.4 Å². The number of rotatable bonds is 6. The number of carbonyl (C=O) groups excluding carboxylic acids is 2. The maximum Gasteiger partial charge on any atom is 0.252 e. The first-order valence-electron chi connectivity index (χ1n) is 7.93. The van der Waals surface area contributed by atoms with E-state index in [9.17, 15) is 14.7 Å². The summed E-state index contributed by atoms with van der Waals surface area (Å²) >= 11 is 0. The van der Waals surface area contributed by atoms with E-state index in [4.69, 9.17) is 0 Å². The second-order valence-corrected chi connectivity index (χ2v) is 5.88. The molecule has 1 saturated carbocycles. The molecule has 2 amide bonds. The van der Waals surface area contributed by atoms with E-state index < -0.39 is 5.60 Å². The third-order valence-electron chi connectivity index (χ3n) is 4.03. The lowest BCUT2D eigenvalue weighted by Crippen LogP contribution is -2.44. The molecule has 0 heterocycles. The molecule has 22 heavy (non-hydrogen) atoms. The van der Waals surface area contributed by atoms with Crippen LogP contribution >= 0.6 is 0 Å². The first kappa shape index (κ1) is 16.5. The number of hydrogen-bond donors (Lipinski definition) is 3. The minimum atomic E-state index is -1.21. The zero-order chi connectivity index (χ0) is 16.0. The number of carbonyl (C=O) groups is 2. The van der Waals surface area contributed by atoms with Crippen LogP contribution in [-0.4, -0.2) is 29.1 Å². The van der Waals surface area contributed by atoms with E-state index in [1.54, 1.807) is 18.2 Å². The highest BCUT2D eigenvalue weighted by atomic mass is 16.3. The van der Waals surface area contributed by atoms with Crippen LogP contribution in [0.2, 0.25) is 0 Å². The summed E-state index contributed by atoms with van der Waals surface area (Å²) in [5, 5.41) is 15.8. The van der Waals surface area contributed by atoms with Gasteiger partial charge in [0, 0.05) is 18.7 Å². The Morgan fingerprint density at radius 3 is 2.64 bits per heavy atom. The van der Waals surface area contributed by atoms with Crippen LogP contribution in [0, 0.1) is 0 Å². The smallest absolute Gasteiger partial charge is 0.252 e. The molecule has 0 atom stereocenters. The highest BCUT2D eigenvalue weighted by Crippen LogP contribution is 2.29. The maximum atomic E-state index is 12.1. The van der Waals surface area contributed by atoms with Gasteiger partial charge in [-0.1, -0.05) is 19.1 Å².